The molecule has 0 aliphatic rings. The molecule has 5 nitrogen and oxygen atoms in total. The van der Waals surface area contributed by atoms with Gasteiger partial charge in [0.1, 0.15) is 17.4 Å². The SMILES string of the molecule is CC(C)(C)OC(=O)CCOCCCc1ccc(C#N)nc1. The lowest BCUT2D eigenvalue weighted by atomic mass is 10.1. The van der Waals surface area contributed by atoms with Gasteiger partial charge >= 0.3 is 5.97 Å². The molecule has 21 heavy (non-hydrogen) atoms. The number of hydrogen-bond donors (Lipinski definition) is 0. The number of nitriles is 1. The van der Waals surface area contributed by atoms with Crippen LogP contribution in [0, 0.1) is 11.3 Å². The lowest BCUT2D eigenvalue weighted by Gasteiger charge is -2.19. The van der Waals surface area contributed by atoms with E-state index in [4.69, 9.17) is 14.7 Å². The molecular formula is C16H22N2O3. The molecule has 0 spiro atoms. The molecule has 0 radical (unpaired) electrons. The van der Waals surface area contributed by atoms with Crippen molar-refractivity contribution in [2.75, 3.05) is 13.2 Å². The summed E-state index contributed by atoms with van der Waals surface area (Å²) in [4.78, 5) is 15.4. The molecule has 1 rings (SSSR count). The zero-order chi connectivity index (χ0) is 15.7. The van der Waals surface area contributed by atoms with Crippen LogP contribution in [0.15, 0.2) is 18.3 Å². The second kappa shape index (κ2) is 8.38. The minimum atomic E-state index is -0.445. The normalized spacial score (nSPS) is 11.0. The largest absolute Gasteiger partial charge is 0.460 e. The van der Waals surface area contributed by atoms with Gasteiger partial charge in [0, 0.05) is 12.8 Å². The lowest BCUT2D eigenvalue weighted by molar-refractivity contribution is -0.156. The summed E-state index contributed by atoms with van der Waals surface area (Å²) in [6, 6.07) is 5.59. The topological polar surface area (TPSA) is 72.2 Å². The van der Waals surface area contributed by atoms with E-state index in [1.54, 1.807) is 12.3 Å². The van der Waals surface area contributed by atoms with E-state index in [2.05, 4.69) is 4.98 Å². The van der Waals surface area contributed by atoms with E-state index < -0.39 is 5.60 Å². The Bertz CT molecular complexity index is 484. The molecule has 0 aromatic carbocycles. The maximum atomic E-state index is 11.4. The zero-order valence-electron chi connectivity index (χ0n) is 12.9. The summed E-state index contributed by atoms with van der Waals surface area (Å²) in [5, 5.41) is 8.65. The van der Waals surface area contributed by atoms with Crippen molar-refractivity contribution in [2.45, 2.75) is 45.6 Å². The Hall–Kier alpha value is -1.93. The highest BCUT2D eigenvalue weighted by molar-refractivity contribution is 5.69. The first-order chi connectivity index (χ1) is 9.90. The van der Waals surface area contributed by atoms with Crippen LogP contribution in [0.2, 0.25) is 0 Å². The van der Waals surface area contributed by atoms with E-state index in [0.717, 1.165) is 18.4 Å². The number of esters is 1. The van der Waals surface area contributed by atoms with Crippen molar-refractivity contribution in [2.24, 2.45) is 0 Å². The Morgan fingerprint density at radius 3 is 2.67 bits per heavy atom. The van der Waals surface area contributed by atoms with Crippen molar-refractivity contribution in [3.8, 4) is 6.07 Å². The molecule has 0 amide bonds. The highest BCUT2D eigenvalue weighted by atomic mass is 16.6. The molecule has 114 valence electrons. The number of carbonyl (C=O) groups is 1. The van der Waals surface area contributed by atoms with Gasteiger partial charge < -0.3 is 9.47 Å². The second-order valence-corrected chi connectivity index (χ2v) is 5.72. The average molecular weight is 290 g/mol. The van der Waals surface area contributed by atoms with Crippen LogP contribution in [-0.2, 0) is 20.7 Å². The molecule has 0 saturated heterocycles. The van der Waals surface area contributed by atoms with Crippen LogP contribution in [0.3, 0.4) is 0 Å². The van der Waals surface area contributed by atoms with Gasteiger partial charge in [0.25, 0.3) is 0 Å². The Kier molecular flexibility index (Phi) is 6.83. The monoisotopic (exact) mass is 290 g/mol. The van der Waals surface area contributed by atoms with Crippen LogP contribution in [0.5, 0.6) is 0 Å². The second-order valence-electron chi connectivity index (χ2n) is 5.72. The van der Waals surface area contributed by atoms with E-state index in [9.17, 15) is 4.79 Å². The summed E-state index contributed by atoms with van der Waals surface area (Å²) in [6.07, 6.45) is 3.67. The van der Waals surface area contributed by atoms with Gasteiger partial charge in [-0.1, -0.05) is 6.07 Å². The average Bonchev–Trinajstić information content (AvgIpc) is 2.41. The third kappa shape index (κ3) is 8.05. The molecule has 0 fully saturated rings. The number of nitrogens with zero attached hydrogens (tertiary/aromatic N) is 2. The van der Waals surface area contributed by atoms with Crippen LogP contribution < -0.4 is 0 Å². The number of ether oxygens (including phenoxy) is 2. The highest BCUT2D eigenvalue weighted by Crippen LogP contribution is 2.08. The molecule has 0 atom stereocenters. The molecule has 0 aliphatic carbocycles. The Balaban J connectivity index is 2.09. The van der Waals surface area contributed by atoms with E-state index in [1.165, 1.54) is 0 Å². The standard InChI is InChI=1S/C16H22N2O3/c1-16(2,3)21-15(19)8-10-20-9-4-5-13-6-7-14(11-17)18-12-13/h6-7,12H,4-5,8-10H2,1-3H3. The van der Waals surface area contributed by atoms with Gasteiger partial charge in [-0.2, -0.15) is 5.26 Å². The first kappa shape index (κ1) is 17.1. The Labute approximate surface area is 125 Å². The highest BCUT2D eigenvalue weighted by Gasteiger charge is 2.15. The molecule has 1 aromatic rings. The minimum Gasteiger partial charge on any atom is -0.460 e. The fourth-order valence-electron chi connectivity index (χ4n) is 1.67. The predicted octanol–water partition coefficient (Wildman–Crippen LogP) is 2.63. The summed E-state index contributed by atoms with van der Waals surface area (Å²) in [5.74, 6) is -0.237. The summed E-state index contributed by atoms with van der Waals surface area (Å²) in [6.45, 7) is 6.50. The third-order valence-electron chi connectivity index (χ3n) is 2.56. The number of aryl methyl sites for hydroxylation is 1. The molecule has 0 bridgehead atoms. The van der Waals surface area contributed by atoms with E-state index >= 15 is 0 Å². The number of aromatic nitrogens is 1. The summed E-state index contributed by atoms with van der Waals surface area (Å²) < 4.78 is 10.6. The quantitative estimate of drug-likeness (QED) is 0.570. The summed E-state index contributed by atoms with van der Waals surface area (Å²) >= 11 is 0. The molecule has 1 heterocycles. The zero-order valence-corrected chi connectivity index (χ0v) is 12.9. The first-order valence-electron chi connectivity index (χ1n) is 7.05. The smallest absolute Gasteiger partial charge is 0.308 e. The molecule has 0 unspecified atom stereocenters. The lowest BCUT2D eigenvalue weighted by Crippen LogP contribution is -2.24. The first-order valence-corrected chi connectivity index (χ1v) is 7.05. The summed E-state index contributed by atoms with van der Waals surface area (Å²) in [7, 11) is 0. The van der Waals surface area contributed by atoms with Crippen LogP contribution in [0.4, 0.5) is 0 Å². The maximum absolute atomic E-state index is 11.4. The molecule has 0 N–H and O–H groups in total. The van der Waals surface area contributed by atoms with Crippen molar-refractivity contribution in [3.05, 3.63) is 29.6 Å². The van der Waals surface area contributed by atoms with Crippen molar-refractivity contribution in [3.63, 3.8) is 0 Å². The maximum Gasteiger partial charge on any atom is 0.308 e. The van der Waals surface area contributed by atoms with Crippen LogP contribution in [0.25, 0.3) is 0 Å². The minimum absolute atomic E-state index is 0.237. The number of carbonyl (C=O) groups excluding carboxylic acids is 1. The number of pyridine rings is 1. The van der Waals surface area contributed by atoms with Gasteiger partial charge in [-0.25, -0.2) is 4.98 Å². The van der Waals surface area contributed by atoms with Gasteiger partial charge in [-0.3, -0.25) is 4.79 Å². The van der Waals surface area contributed by atoms with Crippen LogP contribution in [-0.4, -0.2) is 29.8 Å². The third-order valence-corrected chi connectivity index (χ3v) is 2.56. The van der Waals surface area contributed by atoms with E-state index in [-0.39, 0.29) is 12.4 Å². The van der Waals surface area contributed by atoms with Crippen LogP contribution >= 0.6 is 0 Å². The van der Waals surface area contributed by atoms with Gasteiger partial charge in [-0.05, 0) is 45.2 Å². The van der Waals surface area contributed by atoms with Crippen LogP contribution in [0.1, 0.15) is 44.9 Å². The van der Waals surface area contributed by atoms with Crippen molar-refractivity contribution in [1.82, 2.24) is 4.98 Å². The van der Waals surface area contributed by atoms with Gasteiger partial charge in [0.05, 0.1) is 13.0 Å². The fraction of sp³-hybridized carbons (Fsp3) is 0.562. The van der Waals surface area contributed by atoms with Gasteiger partial charge in [0.2, 0.25) is 0 Å². The van der Waals surface area contributed by atoms with Crippen molar-refractivity contribution in [1.29, 1.82) is 5.26 Å². The van der Waals surface area contributed by atoms with Crippen molar-refractivity contribution >= 4 is 5.97 Å². The molecule has 0 saturated carbocycles. The number of hydrogen-bond acceptors (Lipinski definition) is 5. The van der Waals surface area contributed by atoms with E-state index in [0.29, 0.717) is 18.9 Å². The Morgan fingerprint density at radius 2 is 2.10 bits per heavy atom. The fourth-order valence-corrected chi connectivity index (χ4v) is 1.67. The molecule has 0 aliphatic heterocycles. The van der Waals surface area contributed by atoms with Gasteiger partial charge in [-0.15, -0.1) is 0 Å². The summed E-state index contributed by atoms with van der Waals surface area (Å²) in [5.41, 5.74) is 1.05. The molecule has 5 heteroatoms. The molecular weight excluding hydrogens is 268 g/mol. The number of rotatable bonds is 7. The van der Waals surface area contributed by atoms with Crippen molar-refractivity contribution < 1.29 is 14.3 Å². The molecule has 1 aromatic heterocycles. The Morgan fingerprint density at radius 1 is 1.33 bits per heavy atom. The van der Waals surface area contributed by atoms with E-state index in [1.807, 2.05) is 32.9 Å². The predicted molar refractivity (Wildman–Crippen MR) is 78.6 cm³/mol. The van der Waals surface area contributed by atoms with Gasteiger partial charge in [0.15, 0.2) is 0 Å².